The second-order valence-electron chi connectivity index (χ2n) is 4.38. The third-order valence-corrected chi connectivity index (χ3v) is 6.31. The number of ether oxygens (including phenoxy) is 1. The summed E-state index contributed by atoms with van der Waals surface area (Å²) in [5.74, 6) is -1.04. The molecule has 112 valence electrons. The number of aryl methyl sites for hydroxylation is 1. The molecule has 1 fully saturated rings. The molecule has 2 heterocycles. The first kappa shape index (κ1) is 15.2. The van der Waals surface area contributed by atoms with Crippen molar-refractivity contribution in [2.45, 2.75) is 23.7 Å². The van der Waals surface area contributed by atoms with E-state index in [2.05, 4.69) is 4.98 Å². The van der Waals surface area contributed by atoms with E-state index in [0.717, 1.165) is 4.31 Å². The van der Waals surface area contributed by atoms with Gasteiger partial charge in [0, 0.05) is 18.8 Å². The number of aromatic nitrogens is 1. The van der Waals surface area contributed by atoms with E-state index in [1.165, 1.54) is 6.92 Å². The van der Waals surface area contributed by atoms with Crippen molar-refractivity contribution >= 4 is 27.3 Å². The van der Waals surface area contributed by atoms with E-state index in [1.807, 2.05) is 0 Å². The second-order valence-corrected chi connectivity index (χ2v) is 7.50. The zero-order valence-corrected chi connectivity index (χ0v) is 12.3. The topological polar surface area (TPSA) is 117 Å². The van der Waals surface area contributed by atoms with Crippen molar-refractivity contribution in [3.63, 3.8) is 0 Å². The normalized spacial score (nSPS) is 20.9. The van der Waals surface area contributed by atoms with E-state index in [0.29, 0.717) is 17.0 Å². The van der Waals surface area contributed by atoms with Gasteiger partial charge in [0.05, 0.1) is 19.1 Å². The Morgan fingerprint density at radius 3 is 2.85 bits per heavy atom. The number of carbonyl (C=O) groups is 1. The Balaban J connectivity index is 2.23. The summed E-state index contributed by atoms with van der Waals surface area (Å²) in [5.41, 5.74) is 0.293. The molecule has 1 unspecified atom stereocenters. The lowest BCUT2D eigenvalue weighted by Crippen LogP contribution is -2.46. The number of carboxylic acid groups (broad SMARTS) is 1. The first-order valence-electron chi connectivity index (χ1n) is 5.84. The number of nitrogens with zero attached hydrogens (tertiary/aromatic N) is 1. The van der Waals surface area contributed by atoms with Crippen LogP contribution in [0.2, 0.25) is 0 Å². The minimum Gasteiger partial charge on any atom is -0.481 e. The van der Waals surface area contributed by atoms with E-state index in [-0.39, 0.29) is 30.3 Å². The van der Waals surface area contributed by atoms with Crippen molar-refractivity contribution in [1.29, 1.82) is 0 Å². The number of carboxylic acids is 1. The summed E-state index contributed by atoms with van der Waals surface area (Å²) in [4.78, 5) is 23.9. The van der Waals surface area contributed by atoms with Crippen LogP contribution in [0.15, 0.2) is 9.00 Å². The van der Waals surface area contributed by atoms with Crippen LogP contribution >= 0.6 is 11.3 Å². The standard InChI is InChI=1S/C10H14N2O6S2/c1-6-9(19-10(15)11-6)20(16,17)12-2-3-18-7(5-12)4-8(13)14/h7H,2-5H2,1H3,(H,11,15)(H,13,14). The van der Waals surface area contributed by atoms with Gasteiger partial charge in [-0.15, -0.1) is 0 Å². The van der Waals surface area contributed by atoms with Crippen molar-refractivity contribution in [1.82, 2.24) is 9.29 Å². The zero-order valence-electron chi connectivity index (χ0n) is 10.7. The summed E-state index contributed by atoms with van der Waals surface area (Å²) in [6.45, 7) is 1.76. The quantitative estimate of drug-likeness (QED) is 0.779. The zero-order chi connectivity index (χ0) is 14.9. The smallest absolute Gasteiger partial charge is 0.306 e. The molecule has 1 aromatic heterocycles. The van der Waals surface area contributed by atoms with Gasteiger partial charge >= 0.3 is 10.8 Å². The van der Waals surface area contributed by atoms with Crippen LogP contribution in [0.25, 0.3) is 0 Å². The fourth-order valence-electron chi connectivity index (χ4n) is 1.98. The van der Waals surface area contributed by atoms with Crippen LogP contribution in [0.1, 0.15) is 12.1 Å². The number of aliphatic carboxylic acids is 1. The molecule has 1 atom stereocenters. The second kappa shape index (κ2) is 5.64. The fourth-order valence-corrected chi connectivity index (χ4v) is 4.87. The third kappa shape index (κ3) is 3.08. The highest BCUT2D eigenvalue weighted by Crippen LogP contribution is 2.23. The highest BCUT2D eigenvalue weighted by atomic mass is 32.2. The molecular weight excluding hydrogens is 308 g/mol. The van der Waals surface area contributed by atoms with E-state index in [9.17, 15) is 18.0 Å². The van der Waals surface area contributed by atoms with Crippen LogP contribution < -0.4 is 4.87 Å². The number of thiazole rings is 1. The summed E-state index contributed by atoms with van der Waals surface area (Å²) in [6, 6.07) is 0. The summed E-state index contributed by atoms with van der Waals surface area (Å²) < 4.78 is 31.2. The van der Waals surface area contributed by atoms with E-state index < -0.39 is 27.0 Å². The van der Waals surface area contributed by atoms with Crippen molar-refractivity contribution in [2.75, 3.05) is 19.7 Å². The van der Waals surface area contributed by atoms with Crippen molar-refractivity contribution < 1.29 is 23.1 Å². The largest absolute Gasteiger partial charge is 0.481 e. The van der Waals surface area contributed by atoms with Crippen molar-refractivity contribution in [3.8, 4) is 0 Å². The van der Waals surface area contributed by atoms with Gasteiger partial charge in [0.1, 0.15) is 0 Å². The number of rotatable bonds is 4. The number of hydrogen-bond acceptors (Lipinski definition) is 6. The molecule has 1 aliphatic rings. The fraction of sp³-hybridized carbons (Fsp3) is 0.600. The molecular formula is C10H14N2O6S2. The van der Waals surface area contributed by atoms with Crippen LogP contribution in [0.3, 0.4) is 0 Å². The molecule has 1 saturated heterocycles. The molecule has 0 saturated carbocycles. The predicted molar refractivity (Wildman–Crippen MR) is 70.4 cm³/mol. The van der Waals surface area contributed by atoms with E-state index in [1.54, 1.807) is 0 Å². The number of H-pyrrole nitrogens is 1. The predicted octanol–water partition coefficient (Wildman–Crippen LogP) is -0.391. The van der Waals surface area contributed by atoms with Crippen LogP contribution in [0, 0.1) is 6.92 Å². The highest BCUT2D eigenvalue weighted by molar-refractivity contribution is 7.91. The van der Waals surface area contributed by atoms with Crippen LogP contribution in [0.4, 0.5) is 0 Å². The molecule has 1 aliphatic heterocycles. The van der Waals surface area contributed by atoms with Crippen molar-refractivity contribution in [3.05, 3.63) is 15.4 Å². The Morgan fingerprint density at radius 2 is 2.30 bits per heavy atom. The molecule has 20 heavy (non-hydrogen) atoms. The molecule has 0 aromatic carbocycles. The molecule has 0 spiro atoms. The van der Waals surface area contributed by atoms with Gasteiger partial charge in [-0.25, -0.2) is 8.42 Å². The van der Waals surface area contributed by atoms with Gasteiger partial charge in [-0.1, -0.05) is 11.3 Å². The molecule has 8 nitrogen and oxygen atoms in total. The number of aromatic amines is 1. The minimum absolute atomic E-state index is 0.0276. The maximum atomic E-state index is 12.4. The number of nitrogens with one attached hydrogen (secondary N) is 1. The van der Waals surface area contributed by atoms with Gasteiger partial charge < -0.3 is 14.8 Å². The van der Waals surface area contributed by atoms with E-state index >= 15 is 0 Å². The molecule has 1 aromatic rings. The Hall–Kier alpha value is -1.23. The lowest BCUT2D eigenvalue weighted by Gasteiger charge is -2.31. The molecule has 0 radical (unpaired) electrons. The van der Waals surface area contributed by atoms with Crippen LogP contribution in [0.5, 0.6) is 0 Å². The third-order valence-electron chi connectivity index (χ3n) is 2.86. The lowest BCUT2D eigenvalue weighted by molar-refractivity contribution is -0.141. The van der Waals surface area contributed by atoms with Crippen molar-refractivity contribution in [2.24, 2.45) is 0 Å². The summed E-state index contributed by atoms with van der Waals surface area (Å²) in [5, 5.41) is 8.73. The van der Waals surface area contributed by atoms with Gasteiger partial charge in [-0.05, 0) is 6.92 Å². The van der Waals surface area contributed by atoms with E-state index in [4.69, 9.17) is 9.84 Å². The monoisotopic (exact) mass is 322 g/mol. The maximum absolute atomic E-state index is 12.4. The Bertz CT molecular complexity index is 662. The molecule has 10 heteroatoms. The molecule has 0 aliphatic carbocycles. The van der Waals surface area contributed by atoms with Gasteiger partial charge in [0.15, 0.2) is 4.21 Å². The van der Waals surface area contributed by atoms with Crippen LogP contribution in [-0.2, 0) is 19.6 Å². The molecule has 2 N–H and O–H groups in total. The lowest BCUT2D eigenvalue weighted by atomic mass is 10.2. The first-order chi connectivity index (χ1) is 9.30. The first-order valence-corrected chi connectivity index (χ1v) is 8.09. The Morgan fingerprint density at radius 1 is 1.60 bits per heavy atom. The van der Waals surface area contributed by atoms with Gasteiger partial charge in [-0.2, -0.15) is 4.31 Å². The highest BCUT2D eigenvalue weighted by Gasteiger charge is 2.34. The molecule has 2 rings (SSSR count). The number of morpholine rings is 1. The van der Waals surface area contributed by atoms with Crippen LogP contribution in [-0.4, -0.2) is 54.6 Å². The molecule has 0 bridgehead atoms. The summed E-state index contributed by atoms with van der Waals surface area (Å²) in [7, 11) is -3.79. The summed E-state index contributed by atoms with van der Waals surface area (Å²) in [6.07, 6.45) is -0.930. The SMILES string of the molecule is Cc1[nH]c(=O)sc1S(=O)(=O)N1CCOC(CC(=O)O)C1. The minimum atomic E-state index is -3.79. The Kier molecular flexibility index (Phi) is 4.28. The van der Waals surface area contributed by atoms with Gasteiger partial charge in [0.2, 0.25) is 0 Å². The maximum Gasteiger partial charge on any atom is 0.306 e. The average Bonchev–Trinajstić information content (AvgIpc) is 2.68. The van der Waals surface area contributed by atoms with Gasteiger partial charge in [0.25, 0.3) is 10.0 Å². The molecule has 0 amide bonds. The van der Waals surface area contributed by atoms with Gasteiger partial charge in [-0.3, -0.25) is 9.59 Å². The number of sulfonamides is 1. The summed E-state index contributed by atoms with van der Waals surface area (Å²) >= 11 is 0.632. The average molecular weight is 322 g/mol. The number of hydrogen-bond donors (Lipinski definition) is 2. The Labute approximate surface area is 119 Å².